The second-order valence-electron chi connectivity index (χ2n) is 4.45. The third-order valence-corrected chi connectivity index (χ3v) is 3.92. The van der Waals surface area contributed by atoms with Gasteiger partial charge in [0, 0.05) is 10.4 Å². The summed E-state index contributed by atoms with van der Waals surface area (Å²) in [5, 5.41) is 2.01. The molecule has 0 fully saturated rings. The van der Waals surface area contributed by atoms with Gasteiger partial charge in [0.25, 0.3) is 0 Å². The molecule has 1 atom stereocenters. The third-order valence-electron chi connectivity index (χ3n) is 3.07. The number of aryl methyl sites for hydroxylation is 1. The van der Waals surface area contributed by atoms with Crippen LogP contribution in [0.4, 0.5) is 0 Å². The van der Waals surface area contributed by atoms with Crippen molar-refractivity contribution in [1.82, 2.24) is 0 Å². The largest absolute Gasteiger partial charge is 0.365 e. The van der Waals surface area contributed by atoms with E-state index in [1.165, 1.54) is 5.56 Å². The van der Waals surface area contributed by atoms with Gasteiger partial charge < -0.3 is 4.74 Å². The number of thiophene rings is 1. The molecule has 0 aliphatic heterocycles. The van der Waals surface area contributed by atoms with Crippen molar-refractivity contribution < 1.29 is 9.53 Å². The molecule has 0 spiro atoms. The molecular weight excluding hydrogens is 256 g/mol. The van der Waals surface area contributed by atoms with Crippen LogP contribution in [0, 0.1) is 0 Å². The molecule has 100 valence electrons. The maximum atomic E-state index is 12.2. The van der Waals surface area contributed by atoms with Gasteiger partial charge in [-0.1, -0.05) is 37.3 Å². The summed E-state index contributed by atoms with van der Waals surface area (Å²) in [6.45, 7) is 4.41. The Hall–Kier alpha value is -1.45. The quantitative estimate of drug-likeness (QED) is 0.741. The van der Waals surface area contributed by atoms with E-state index >= 15 is 0 Å². The van der Waals surface area contributed by atoms with Crippen molar-refractivity contribution in [2.24, 2.45) is 0 Å². The van der Waals surface area contributed by atoms with Crippen molar-refractivity contribution in [3.05, 3.63) is 57.8 Å². The van der Waals surface area contributed by atoms with Crippen molar-refractivity contribution in [2.45, 2.75) is 33.0 Å². The van der Waals surface area contributed by atoms with E-state index in [1.54, 1.807) is 11.3 Å². The summed E-state index contributed by atoms with van der Waals surface area (Å²) in [5.41, 5.74) is 1.96. The molecule has 0 N–H and O–H groups in total. The fraction of sp³-hybridized carbons (Fsp3) is 0.312. The average Bonchev–Trinajstić information content (AvgIpc) is 2.97. The molecule has 0 bridgehead atoms. The number of carbonyl (C=O) groups excluding carboxylic acids is 1. The second kappa shape index (κ2) is 6.64. The van der Waals surface area contributed by atoms with E-state index < -0.39 is 6.10 Å². The van der Waals surface area contributed by atoms with E-state index in [0.29, 0.717) is 6.61 Å². The maximum absolute atomic E-state index is 12.2. The van der Waals surface area contributed by atoms with Crippen LogP contribution in [-0.4, -0.2) is 11.9 Å². The summed E-state index contributed by atoms with van der Waals surface area (Å²) in [4.78, 5) is 13.3. The van der Waals surface area contributed by atoms with Crippen LogP contribution in [0.2, 0.25) is 0 Å². The molecule has 0 radical (unpaired) electrons. The molecule has 1 unspecified atom stereocenters. The van der Waals surface area contributed by atoms with E-state index in [9.17, 15) is 4.79 Å². The first-order valence-corrected chi connectivity index (χ1v) is 7.35. The Morgan fingerprint density at radius 3 is 2.58 bits per heavy atom. The third kappa shape index (κ3) is 3.75. The highest BCUT2D eigenvalue weighted by Crippen LogP contribution is 2.14. The van der Waals surface area contributed by atoms with Crippen molar-refractivity contribution in [2.75, 3.05) is 0 Å². The van der Waals surface area contributed by atoms with Crippen LogP contribution < -0.4 is 0 Å². The standard InChI is InChI=1S/C16H18O2S/c1-3-13-6-8-14(9-7-13)16(17)12(2)18-11-15-5-4-10-19-15/h4-10,12H,3,11H2,1-2H3. The van der Waals surface area contributed by atoms with E-state index in [0.717, 1.165) is 16.9 Å². The molecule has 2 aromatic rings. The van der Waals surface area contributed by atoms with E-state index in [-0.39, 0.29) is 5.78 Å². The zero-order valence-corrected chi connectivity index (χ0v) is 12.1. The van der Waals surface area contributed by atoms with Gasteiger partial charge in [0.15, 0.2) is 5.78 Å². The van der Waals surface area contributed by atoms with Gasteiger partial charge in [-0.05, 0) is 30.4 Å². The number of hydrogen-bond donors (Lipinski definition) is 0. The molecule has 1 aromatic heterocycles. The van der Waals surface area contributed by atoms with Gasteiger partial charge >= 0.3 is 0 Å². The number of rotatable bonds is 6. The smallest absolute Gasteiger partial charge is 0.191 e. The van der Waals surface area contributed by atoms with Crippen LogP contribution >= 0.6 is 11.3 Å². The van der Waals surface area contributed by atoms with Crippen molar-refractivity contribution in [3.63, 3.8) is 0 Å². The lowest BCUT2D eigenvalue weighted by molar-refractivity contribution is 0.0420. The zero-order valence-electron chi connectivity index (χ0n) is 11.3. The monoisotopic (exact) mass is 274 g/mol. The van der Waals surface area contributed by atoms with Crippen LogP contribution in [0.25, 0.3) is 0 Å². The SMILES string of the molecule is CCc1ccc(C(=O)C(C)OCc2cccs2)cc1. The predicted octanol–water partition coefficient (Wildman–Crippen LogP) is 4.10. The van der Waals surface area contributed by atoms with Crippen LogP contribution in [0.1, 0.15) is 34.6 Å². The molecule has 0 aliphatic carbocycles. The highest BCUT2D eigenvalue weighted by atomic mass is 32.1. The highest BCUT2D eigenvalue weighted by molar-refractivity contribution is 7.09. The van der Waals surface area contributed by atoms with Crippen molar-refractivity contribution in [1.29, 1.82) is 0 Å². The van der Waals surface area contributed by atoms with Crippen molar-refractivity contribution in [3.8, 4) is 0 Å². The van der Waals surface area contributed by atoms with Gasteiger partial charge in [-0.15, -0.1) is 11.3 Å². The molecule has 19 heavy (non-hydrogen) atoms. The maximum Gasteiger partial charge on any atom is 0.191 e. The minimum Gasteiger partial charge on any atom is -0.365 e. The topological polar surface area (TPSA) is 26.3 Å². The predicted molar refractivity (Wildman–Crippen MR) is 78.7 cm³/mol. The van der Waals surface area contributed by atoms with E-state index in [1.807, 2.05) is 48.7 Å². The Morgan fingerprint density at radius 2 is 2.00 bits per heavy atom. The second-order valence-corrected chi connectivity index (χ2v) is 5.48. The van der Waals surface area contributed by atoms with Gasteiger partial charge in [-0.25, -0.2) is 0 Å². The van der Waals surface area contributed by atoms with Gasteiger partial charge in [0.2, 0.25) is 0 Å². The highest BCUT2D eigenvalue weighted by Gasteiger charge is 2.15. The number of ether oxygens (including phenoxy) is 1. The first-order chi connectivity index (χ1) is 9.20. The Bertz CT molecular complexity index is 514. The molecule has 0 amide bonds. The Labute approximate surface area is 118 Å². The lowest BCUT2D eigenvalue weighted by Gasteiger charge is -2.11. The Morgan fingerprint density at radius 1 is 1.26 bits per heavy atom. The molecule has 2 rings (SSSR count). The number of hydrogen-bond acceptors (Lipinski definition) is 3. The summed E-state index contributed by atoms with van der Waals surface area (Å²) < 4.78 is 5.62. The Kier molecular flexibility index (Phi) is 4.88. The fourth-order valence-corrected chi connectivity index (χ4v) is 2.44. The summed E-state index contributed by atoms with van der Waals surface area (Å²) in [6.07, 6.45) is 0.577. The zero-order chi connectivity index (χ0) is 13.7. The summed E-state index contributed by atoms with van der Waals surface area (Å²) in [6, 6.07) is 11.8. The number of ketones is 1. The normalized spacial score (nSPS) is 12.3. The van der Waals surface area contributed by atoms with Gasteiger partial charge in [-0.3, -0.25) is 4.79 Å². The fourth-order valence-electron chi connectivity index (χ4n) is 1.82. The van der Waals surface area contributed by atoms with Gasteiger partial charge in [-0.2, -0.15) is 0 Å². The number of Topliss-reactive ketones (excluding diaryl/α,β-unsaturated/α-hetero) is 1. The number of benzene rings is 1. The molecule has 1 heterocycles. The molecule has 0 saturated heterocycles. The van der Waals surface area contributed by atoms with Crippen LogP contribution in [0.5, 0.6) is 0 Å². The minimum absolute atomic E-state index is 0.0409. The molecule has 0 saturated carbocycles. The summed E-state index contributed by atoms with van der Waals surface area (Å²) in [7, 11) is 0. The Balaban J connectivity index is 1.94. The summed E-state index contributed by atoms with van der Waals surface area (Å²) >= 11 is 1.64. The van der Waals surface area contributed by atoms with Crippen LogP contribution in [0.15, 0.2) is 41.8 Å². The molecule has 0 aliphatic rings. The van der Waals surface area contributed by atoms with Crippen LogP contribution in [-0.2, 0) is 17.8 Å². The van der Waals surface area contributed by atoms with Gasteiger partial charge in [0.1, 0.15) is 6.10 Å². The average molecular weight is 274 g/mol. The van der Waals surface area contributed by atoms with Crippen molar-refractivity contribution >= 4 is 17.1 Å². The molecule has 3 heteroatoms. The minimum atomic E-state index is -0.408. The summed E-state index contributed by atoms with van der Waals surface area (Å²) in [5.74, 6) is 0.0409. The molecule has 1 aromatic carbocycles. The lowest BCUT2D eigenvalue weighted by atomic mass is 10.0. The number of carbonyl (C=O) groups is 1. The first-order valence-electron chi connectivity index (χ1n) is 6.48. The molecule has 2 nitrogen and oxygen atoms in total. The molecular formula is C16H18O2S. The lowest BCUT2D eigenvalue weighted by Crippen LogP contribution is -2.20. The van der Waals surface area contributed by atoms with E-state index in [2.05, 4.69) is 6.92 Å². The first kappa shape index (κ1) is 14.0. The van der Waals surface area contributed by atoms with Gasteiger partial charge in [0.05, 0.1) is 6.61 Å². The van der Waals surface area contributed by atoms with E-state index in [4.69, 9.17) is 4.74 Å². The van der Waals surface area contributed by atoms with Crippen LogP contribution in [0.3, 0.4) is 0 Å².